The lowest BCUT2D eigenvalue weighted by atomic mass is 9.99. The van der Waals surface area contributed by atoms with Crippen molar-refractivity contribution in [2.24, 2.45) is 5.73 Å². The zero-order valence-corrected chi connectivity index (χ0v) is 17.5. The van der Waals surface area contributed by atoms with Gasteiger partial charge in [-0.3, -0.25) is 4.79 Å². The molecule has 0 aliphatic carbocycles. The first-order chi connectivity index (χ1) is 13.1. The molecule has 28 heavy (non-hydrogen) atoms. The van der Waals surface area contributed by atoms with E-state index in [1.165, 1.54) is 0 Å². The van der Waals surface area contributed by atoms with Crippen LogP contribution in [-0.2, 0) is 5.60 Å². The fourth-order valence-electron chi connectivity index (χ4n) is 3.16. The van der Waals surface area contributed by atoms with E-state index in [2.05, 4.69) is 20.5 Å². The number of amides is 1. The molecule has 8 nitrogen and oxygen atoms in total. The van der Waals surface area contributed by atoms with Gasteiger partial charge in [0.15, 0.2) is 5.82 Å². The predicted octanol–water partition coefficient (Wildman–Crippen LogP) is 1.98. The molecule has 0 bridgehead atoms. The number of piperidine rings is 1. The summed E-state index contributed by atoms with van der Waals surface area (Å²) in [5, 5.41) is 21.8. The summed E-state index contributed by atoms with van der Waals surface area (Å²) in [7, 11) is 0. The molecule has 1 amide bonds. The molecule has 10 heteroatoms. The number of hydrogen-bond acceptors (Lipinski definition) is 6. The largest absolute Gasteiger partial charge is 0.384 e. The van der Waals surface area contributed by atoms with Crippen molar-refractivity contribution in [1.82, 2.24) is 20.5 Å². The molecular formula is C18H24Cl2N6O2. The molecule has 0 unspecified atom stereocenters. The van der Waals surface area contributed by atoms with Crippen LogP contribution in [0.25, 0.3) is 0 Å². The molecule has 5 N–H and O–H groups in total. The van der Waals surface area contributed by atoms with Crippen LogP contribution in [0.4, 0.5) is 5.82 Å². The van der Waals surface area contributed by atoms with Gasteiger partial charge in [0.25, 0.3) is 5.91 Å². The minimum absolute atomic E-state index is 0.203. The normalized spacial score (nSPS) is 20.3. The monoisotopic (exact) mass is 426 g/mol. The summed E-state index contributed by atoms with van der Waals surface area (Å²) in [5.74, 6) is 0.353. The lowest BCUT2D eigenvalue weighted by molar-refractivity contribution is 0.0728. The fourth-order valence-corrected chi connectivity index (χ4v) is 3.57. The third-order valence-electron chi connectivity index (χ3n) is 4.86. The van der Waals surface area contributed by atoms with Crippen molar-refractivity contribution < 1.29 is 9.90 Å². The van der Waals surface area contributed by atoms with Gasteiger partial charge >= 0.3 is 0 Å². The highest BCUT2D eigenvalue weighted by molar-refractivity contribution is 6.44. The maximum atomic E-state index is 12.5. The number of carbonyl (C=O) groups is 1. The summed E-state index contributed by atoms with van der Waals surface area (Å²) in [6, 6.07) is 3.07. The number of nitrogens with two attached hydrogens (primary N) is 1. The van der Waals surface area contributed by atoms with Crippen molar-refractivity contribution in [1.29, 1.82) is 0 Å². The van der Waals surface area contributed by atoms with Gasteiger partial charge < -0.3 is 26.0 Å². The van der Waals surface area contributed by atoms with E-state index in [9.17, 15) is 9.90 Å². The Labute approximate surface area is 173 Å². The summed E-state index contributed by atoms with van der Waals surface area (Å²) < 4.78 is 0. The van der Waals surface area contributed by atoms with E-state index in [0.717, 1.165) is 0 Å². The van der Waals surface area contributed by atoms with Crippen molar-refractivity contribution in [3.05, 3.63) is 39.3 Å². The van der Waals surface area contributed by atoms with Crippen molar-refractivity contribution >= 4 is 34.9 Å². The van der Waals surface area contributed by atoms with E-state index in [4.69, 9.17) is 28.9 Å². The Morgan fingerprint density at radius 3 is 2.57 bits per heavy atom. The summed E-state index contributed by atoms with van der Waals surface area (Å²) in [5.41, 5.74) is 6.63. The Balaban J connectivity index is 1.63. The van der Waals surface area contributed by atoms with Gasteiger partial charge in [0.2, 0.25) is 0 Å². The number of nitrogens with zero attached hydrogens (tertiary/aromatic N) is 3. The van der Waals surface area contributed by atoms with Gasteiger partial charge in [-0.25, -0.2) is 0 Å². The van der Waals surface area contributed by atoms with Crippen molar-refractivity contribution in [2.45, 2.75) is 44.9 Å². The molecule has 1 saturated heterocycles. The smallest absolute Gasteiger partial charge is 0.269 e. The Morgan fingerprint density at radius 1 is 1.36 bits per heavy atom. The number of anilines is 1. The summed E-state index contributed by atoms with van der Waals surface area (Å²) >= 11 is 12.2. The van der Waals surface area contributed by atoms with E-state index < -0.39 is 5.60 Å². The van der Waals surface area contributed by atoms with Crippen LogP contribution < -0.4 is 16.0 Å². The Morgan fingerprint density at radius 2 is 2.07 bits per heavy atom. The molecule has 1 aliphatic heterocycles. The van der Waals surface area contributed by atoms with E-state index in [0.29, 0.717) is 41.7 Å². The topological polar surface area (TPSA) is 120 Å². The molecule has 3 rings (SSSR count). The number of halogens is 2. The molecule has 0 radical (unpaired) electrons. The molecule has 0 spiro atoms. The van der Waals surface area contributed by atoms with E-state index in [1.54, 1.807) is 26.8 Å². The Kier molecular flexibility index (Phi) is 5.86. The van der Waals surface area contributed by atoms with Gasteiger partial charge in [0.1, 0.15) is 11.3 Å². The number of aryl methyl sites for hydroxylation is 1. The second-order valence-corrected chi connectivity index (χ2v) is 8.32. The first kappa shape index (κ1) is 20.9. The van der Waals surface area contributed by atoms with Gasteiger partial charge in [0.05, 0.1) is 15.7 Å². The van der Waals surface area contributed by atoms with Crippen LogP contribution in [0.3, 0.4) is 0 Å². The molecule has 0 aromatic carbocycles. The lowest BCUT2D eigenvalue weighted by Crippen LogP contribution is -2.58. The average Bonchev–Trinajstić information content (AvgIpc) is 2.90. The SMILES string of the molecule is Cc1[nH]c(C(=O)N[C@@H]2CCN(c3ccc(C(C)(C)O)nn3)C[C@@H]2N)c(Cl)c1Cl. The van der Waals surface area contributed by atoms with Gasteiger partial charge in [-0.15, -0.1) is 5.10 Å². The second kappa shape index (κ2) is 7.87. The third-order valence-corrected chi connectivity index (χ3v) is 5.80. The fraction of sp³-hybridized carbons (Fsp3) is 0.500. The van der Waals surface area contributed by atoms with Crippen LogP contribution in [-0.4, -0.2) is 51.4 Å². The quantitative estimate of drug-likeness (QED) is 0.592. The van der Waals surface area contributed by atoms with Crippen molar-refractivity contribution in [2.75, 3.05) is 18.0 Å². The number of carbonyl (C=O) groups excluding carboxylic acids is 1. The van der Waals surface area contributed by atoms with Crippen LogP contribution in [0.2, 0.25) is 10.0 Å². The highest BCUT2D eigenvalue weighted by atomic mass is 35.5. The molecule has 2 atom stereocenters. The van der Waals surface area contributed by atoms with Crippen LogP contribution in [0.5, 0.6) is 0 Å². The maximum Gasteiger partial charge on any atom is 0.269 e. The average molecular weight is 427 g/mol. The van der Waals surface area contributed by atoms with Crippen LogP contribution in [0, 0.1) is 6.92 Å². The minimum Gasteiger partial charge on any atom is -0.384 e. The number of aliphatic hydroxyl groups is 1. The highest BCUT2D eigenvalue weighted by Gasteiger charge is 2.30. The molecule has 0 saturated carbocycles. The molecule has 1 aliphatic rings. The standard InChI is InChI=1S/C18H24Cl2N6O2/c1-9-14(19)15(20)16(22-9)17(27)23-11-6-7-26(8-10(11)21)13-5-4-12(24-25-13)18(2,3)28/h4-5,10-11,22,28H,6-8,21H2,1-3H3,(H,23,27)/t10-,11+/m0/s1. The minimum atomic E-state index is -1.04. The second-order valence-electron chi connectivity index (χ2n) is 7.57. The number of rotatable bonds is 4. The van der Waals surface area contributed by atoms with Crippen molar-refractivity contribution in [3.8, 4) is 0 Å². The first-order valence-corrected chi connectivity index (χ1v) is 9.75. The van der Waals surface area contributed by atoms with E-state index in [-0.39, 0.29) is 28.7 Å². The summed E-state index contributed by atoms with van der Waals surface area (Å²) in [6.45, 7) is 6.24. The Bertz CT molecular complexity index is 862. The molecule has 2 aromatic heterocycles. The van der Waals surface area contributed by atoms with Gasteiger partial charge in [-0.2, -0.15) is 5.10 Å². The first-order valence-electron chi connectivity index (χ1n) is 8.99. The van der Waals surface area contributed by atoms with Crippen LogP contribution in [0.1, 0.15) is 42.1 Å². The van der Waals surface area contributed by atoms with Gasteiger partial charge in [-0.05, 0) is 39.3 Å². The number of aromatic nitrogens is 3. The van der Waals surface area contributed by atoms with Crippen LogP contribution in [0.15, 0.2) is 12.1 Å². The molecule has 3 heterocycles. The zero-order valence-electron chi connectivity index (χ0n) is 16.0. The highest BCUT2D eigenvalue weighted by Crippen LogP contribution is 2.29. The summed E-state index contributed by atoms with van der Waals surface area (Å²) in [4.78, 5) is 17.4. The van der Waals surface area contributed by atoms with E-state index in [1.807, 2.05) is 11.0 Å². The number of aromatic amines is 1. The van der Waals surface area contributed by atoms with Crippen LogP contribution >= 0.6 is 23.2 Å². The predicted molar refractivity (Wildman–Crippen MR) is 109 cm³/mol. The van der Waals surface area contributed by atoms with Gasteiger partial charge in [0, 0.05) is 30.9 Å². The zero-order chi connectivity index (χ0) is 20.6. The molecular weight excluding hydrogens is 403 g/mol. The molecule has 1 fully saturated rings. The Hall–Kier alpha value is -1.87. The number of nitrogens with one attached hydrogen (secondary N) is 2. The maximum absolute atomic E-state index is 12.5. The third kappa shape index (κ3) is 4.25. The summed E-state index contributed by atoms with van der Waals surface area (Å²) in [6.07, 6.45) is 0.646. The van der Waals surface area contributed by atoms with Crippen molar-refractivity contribution in [3.63, 3.8) is 0 Å². The molecule has 2 aromatic rings. The number of hydrogen-bond donors (Lipinski definition) is 4. The van der Waals surface area contributed by atoms with E-state index >= 15 is 0 Å². The van der Waals surface area contributed by atoms with Gasteiger partial charge in [-0.1, -0.05) is 23.2 Å². The number of H-pyrrole nitrogens is 1. The molecule has 152 valence electrons. The lowest BCUT2D eigenvalue weighted by Gasteiger charge is -2.37.